The summed E-state index contributed by atoms with van der Waals surface area (Å²) in [5.41, 5.74) is 5.46. The van der Waals surface area contributed by atoms with Crippen molar-refractivity contribution in [2.75, 3.05) is 38.4 Å². The fourth-order valence-electron chi connectivity index (χ4n) is 3.30. The summed E-state index contributed by atoms with van der Waals surface area (Å²) >= 11 is 2.12. The van der Waals surface area contributed by atoms with Gasteiger partial charge in [-0.05, 0) is 36.6 Å². The van der Waals surface area contributed by atoms with Gasteiger partial charge in [-0.25, -0.2) is 16.8 Å². The lowest BCUT2D eigenvalue weighted by Gasteiger charge is -2.25. The third-order valence-corrected chi connectivity index (χ3v) is 11.5. The number of hydrogen-bond acceptors (Lipinski definition) is 11. The van der Waals surface area contributed by atoms with Gasteiger partial charge in [-0.15, -0.1) is 23.1 Å². The van der Waals surface area contributed by atoms with Crippen molar-refractivity contribution in [1.82, 2.24) is 0 Å². The highest BCUT2D eigenvalue weighted by atomic mass is 32.3. The Balaban J connectivity index is 2.37. The van der Waals surface area contributed by atoms with E-state index in [0.717, 1.165) is 23.1 Å². The van der Waals surface area contributed by atoms with Gasteiger partial charge in [-0.2, -0.15) is 3.71 Å². The average molecular weight is 588 g/mol. The van der Waals surface area contributed by atoms with E-state index in [9.17, 15) is 16.8 Å². The van der Waals surface area contributed by atoms with E-state index in [1.165, 1.54) is 70.9 Å². The number of amidine groups is 1. The van der Waals surface area contributed by atoms with E-state index >= 15 is 0 Å². The van der Waals surface area contributed by atoms with Gasteiger partial charge in [0.1, 0.15) is 5.84 Å². The van der Waals surface area contributed by atoms with Crippen molar-refractivity contribution in [1.29, 1.82) is 5.41 Å². The van der Waals surface area contributed by atoms with E-state index in [1.54, 1.807) is 6.26 Å². The molecule has 0 radical (unpaired) electrons. The number of nitrogen functional groups attached to an aromatic ring is 1. The molecule has 11 nitrogen and oxygen atoms in total. The lowest BCUT2D eigenvalue weighted by Crippen LogP contribution is -2.37. The number of nitrogens with zero attached hydrogens (tertiary/aromatic N) is 1. The summed E-state index contributed by atoms with van der Waals surface area (Å²) in [5.74, 6) is 0.363. The Kier molecular flexibility index (Phi) is 8.52. The molecule has 0 aliphatic rings. The smallest absolute Gasteiger partial charge is 0.277 e. The summed E-state index contributed by atoms with van der Waals surface area (Å²) < 4.78 is 77.7. The van der Waals surface area contributed by atoms with E-state index in [0.29, 0.717) is 7.92 Å². The molecule has 0 spiro atoms. The van der Waals surface area contributed by atoms with Gasteiger partial charge in [0.05, 0.1) is 53.0 Å². The molecule has 2 aromatic carbocycles. The topological polar surface area (TPSA) is 158 Å². The molecule has 0 atom stereocenters. The number of hydrogen-bond donors (Lipinski definition) is 2. The highest BCUT2D eigenvalue weighted by Crippen LogP contribution is 2.43. The van der Waals surface area contributed by atoms with Gasteiger partial charge in [0.2, 0.25) is 0 Å². The summed E-state index contributed by atoms with van der Waals surface area (Å²) in [5, 5.41) is 7.80. The van der Waals surface area contributed by atoms with Crippen LogP contribution in [0.1, 0.15) is 4.88 Å². The zero-order valence-electron chi connectivity index (χ0n) is 20.5. The lowest BCUT2D eigenvalue weighted by molar-refractivity contribution is 0.354. The number of nitrogens with two attached hydrogens (primary N) is 1. The standard InChI is InChI=1S/C22H25N3O8S4/c1-30-16-8-6-13(10-18(16)32-3)36(26,27)25(15-12-20(21(23)24)35-22(15)34-5)37(28,29)14-7-9-17(31-2)19(11-14)33-4/h6-12H,1-5H3,(H3,23,24). The van der Waals surface area contributed by atoms with Gasteiger partial charge >= 0.3 is 0 Å². The lowest BCUT2D eigenvalue weighted by atomic mass is 10.3. The predicted molar refractivity (Wildman–Crippen MR) is 143 cm³/mol. The molecule has 0 amide bonds. The van der Waals surface area contributed by atoms with Crippen LogP contribution in [0.3, 0.4) is 0 Å². The number of methoxy groups -OCH3 is 4. The Hall–Kier alpha value is -3.14. The highest BCUT2D eigenvalue weighted by molar-refractivity contribution is 8.10. The van der Waals surface area contributed by atoms with Crippen molar-refractivity contribution >= 4 is 54.7 Å². The molecule has 0 aliphatic carbocycles. The minimum atomic E-state index is -4.78. The first-order chi connectivity index (χ1) is 17.5. The number of nitrogens with one attached hydrogen (secondary N) is 1. The average Bonchev–Trinajstić information content (AvgIpc) is 3.31. The predicted octanol–water partition coefficient (Wildman–Crippen LogP) is 3.37. The third-order valence-electron chi connectivity index (χ3n) is 5.07. The van der Waals surface area contributed by atoms with Crippen LogP contribution in [-0.4, -0.2) is 57.4 Å². The molecule has 0 saturated heterocycles. The molecule has 3 rings (SSSR count). The molecule has 1 aromatic heterocycles. The number of ether oxygens (including phenoxy) is 4. The molecule has 0 bridgehead atoms. The molecule has 3 N–H and O–H groups in total. The number of thiophene rings is 1. The third kappa shape index (κ3) is 5.30. The van der Waals surface area contributed by atoms with Gasteiger partial charge in [0.15, 0.2) is 23.0 Å². The van der Waals surface area contributed by atoms with Crippen LogP contribution < -0.4 is 28.4 Å². The minimum absolute atomic E-state index is 0.0897. The SMILES string of the molecule is COc1ccc(S(=O)(=O)N(c2cc(C(=N)N)sc2SC)S(=O)(=O)c2ccc(OC)c(OC)c2)cc1OC. The monoisotopic (exact) mass is 587 g/mol. The molecule has 15 heteroatoms. The van der Waals surface area contributed by atoms with Crippen molar-refractivity contribution in [3.05, 3.63) is 47.3 Å². The Labute approximate surface area is 223 Å². The van der Waals surface area contributed by atoms with Crippen LogP contribution in [0.4, 0.5) is 5.69 Å². The summed E-state index contributed by atoms with van der Waals surface area (Å²) in [6.45, 7) is 0. The summed E-state index contributed by atoms with van der Waals surface area (Å²) in [4.78, 5) is -0.525. The van der Waals surface area contributed by atoms with E-state index in [2.05, 4.69) is 0 Å². The van der Waals surface area contributed by atoms with Crippen molar-refractivity contribution in [3.8, 4) is 23.0 Å². The highest BCUT2D eigenvalue weighted by Gasteiger charge is 2.40. The molecular weight excluding hydrogens is 563 g/mol. The second-order valence-electron chi connectivity index (χ2n) is 7.14. The fourth-order valence-corrected chi connectivity index (χ4v) is 8.96. The molecule has 200 valence electrons. The first-order valence-electron chi connectivity index (χ1n) is 10.2. The molecule has 0 fully saturated rings. The Bertz CT molecular complexity index is 1450. The van der Waals surface area contributed by atoms with Crippen LogP contribution in [-0.2, 0) is 20.0 Å². The molecular formula is C22H25N3O8S4. The van der Waals surface area contributed by atoms with Crippen LogP contribution in [0.15, 0.2) is 56.5 Å². The van der Waals surface area contributed by atoms with Gasteiger partial charge in [-0.3, -0.25) is 5.41 Å². The molecule has 0 unspecified atom stereocenters. The van der Waals surface area contributed by atoms with Gasteiger partial charge in [-0.1, -0.05) is 0 Å². The quantitative estimate of drug-likeness (QED) is 0.193. The normalized spacial score (nSPS) is 11.6. The number of sulfonamides is 2. The van der Waals surface area contributed by atoms with Crippen LogP contribution in [0.25, 0.3) is 0 Å². The minimum Gasteiger partial charge on any atom is -0.493 e. The zero-order valence-corrected chi connectivity index (χ0v) is 23.7. The largest absolute Gasteiger partial charge is 0.493 e. The van der Waals surface area contributed by atoms with Crippen molar-refractivity contribution in [3.63, 3.8) is 0 Å². The molecule has 1 heterocycles. The van der Waals surface area contributed by atoms with Crippen LogP contribution >= 0.6 is 23.1 Å². The maximum absolute atomic E-state index is 14.1. The van der Waals surface area contributed by atoms with E-state index < -0.39 is 20.0 Å². The molecule has 0 aliphatic heterocycles. The summed E-state index contributed by atoms with van der Waals surface area (Å²) in [7, 11) is -4.12. The van der Waals surface area contributed by atoms with Crippen LogP contribution in [0.5, 0.6) is 23.0 Å². The number of anilines is 1. The summed E-state index contributed by atoms with van der Waals surface area (Å²) in [6.07, 6.45) is 1.66. The Morgan fingerprint density at radius 3 is 1.59 bits per heavy atom. The number of benzene rings is 2. The Morgan fingerprint density at radius 2 is 1.24 bits per heavy atom. The number of rotatable bonds is 11. The van der Waals surface area contributed by atoms with Gasteiger partial charge in [0.25, 0.3) is 20.0 Å². The number of thioether (sulfide) groups is 1. The van der Waals surface area contributed by atoms with E-state index in [-0.39, 0.29) is 49.2 Å². The maximum atomic E-state index is 14.1. The fraction of sp³-hybridized carbons (Fsp3) is 0.227. The van der Waals surface area contributed by atoms with Crippen LogP contribution in [0, 0.1) is 5.41 Å². The zero-order chi connectivity index (χ0) is 27.5. The first kappa shape index (κ1) is 28.4. The second kappa shape index (κ2) is 11.1. The van der Waals surface area contributed by atoms with Crippen molar-refractivity contribution in [2.45, 2.75) is 14.0 Å². The van der Waals surface area contributed by atoms with Crippen molar-refractivity contribution < 1.29 is 35.8 Å². The molecule has 3 aromatic rings. The van der Waals surface area contributed by atoms with E-state index in [4.69, 9.17) is 30.1 Å². The second-order valence-corrected chi connectivity index (χ2v) is 13.1. The van der Waals surface area contributed by atoms with E-state index in [1.807, 2.05) is 0 Å². The van der Waals surface area contributed by atoms with Crippen molar-refractivity contribution in [2.24, 2.45) is 5.73 Å². The summed E-state index contributed by atoms with van der Waals surface area (Å²) in [6, 6.07) is 8.74. The van der Waals surface area contributed by atoms with Gasteiger partial charge < -0.3 is 24.7 Å². The maximum Gasteiger partial charge on any atom is 0.277 e. The Morgan fingerprint density at radius 1 is 0.811 bits per heavy atom. The molecule has 37 heavy (non-hydrogen) atoms. The molecule has 0 saturated carbocycles. The van der Waals surface area contributed by atoms with Crippen LogP contribution in [0.2, 0.25) is 0 Å². The first-order valence-corrected chi connectivity index (χ1v) is 15.1. The van der Waals surface area contributed by atoms with Gasteiger partial charge in [0, 0.05) is 12.1 Å².